The van der Waals surface area contributed by atoms with Crippen LogP contribution in [-0.2, 0) is 6.42 Å². The van der Waals surface area contributed by atoms with Crippen LogP contribution in [0.4, 0.5) is 5.69 Å². The summed E-state index contributed by atoms with van der Waals surface area (Å²) in [6.45, 7) is 1.96. The molecule has 0 saturated carbocycles. The summed E-state index contributed by atoms with van der Waals surface area (Å²) in [6.07, 6.45) is 2.26. The summed E-state index contributed by atoms with van der Waals surface area (Å²) in [6, 6.07) is 9.36. The van der Waals surface area contributed by atoms with Crippen LogP contribution >= 0.6 is 22.6 Å². The van der Waals surface area contributed by atoms with Gasteiger partial charge in [0.05, 0.1) is 17.5 Å². The van der Waals surface area contributed by atoms with Crippen LogP contribution in [0.3, 0.4) is 0 Å². The predicted molar refractivity (Wildman–Crippen MR) is 75.2 cm³/mol. The molecule has 0 spiro atoms. The molecule has 0 bridgehead atoms. The summed E-state index contributed by atoms with van der Waals surface area (Å²) in [5.74, 6) is 0.591. The highest BCUT2D eigenvalue weighted by Crippen LogP contribution is 2.19. The summed E-state index contributed by atoms with van der Waals surface area (Å²) in [7, 11) is 0. The first-order chi connectivity index (χ1) is 8.22. The molecule has 0 atom stereocenters. The van der Waals surface area contributed by atoms with Crippen LogP contribution in [0.2, 0.25) is 0 Å². The highest BCUT2D eigenvalue weighted by Gasteiger charge is 2.13. The lowest BCUT2D eigenvalue weighted by Gasteiger charge is -2.06. The number of benzene rings is 1. The van der Waals surface area contributed by atoms with E-state index in [0.29, 0.717) is 17.7 Å². The monoisotopic (exact) mass is 341 g/mol. The van der Waals surface area contributed by atoms with Crippen LogP contribution in [0.25, 0.3) is 0 Å². The van der Waals surface area contributed by atoms with Crippen molar-refractivity contribution in [3.63, 3.8) is 0 Å². The van der Waals surface area contributed by atoms with E-state index in [4.69, 9.17) is 4.42 Å². The third kappa shape index (κ3) is 2.69. The maximum absolute atomic E-state index is 12.0. The number of hydrogen-bond acceptors (Lipinski definition) is 2. The molecular formula is C13H12INO2. The van der Waals surface area contributed by atoms with Crippen LogP contribution in [0.5, 0.6) is 0 Å². The van der Waals surface area contributed by atoms with Gasteiger partial charge in [-0.3, -0.25) is 4.79 Å². The molecule has 2 aromatic rings. The molecule has 1 N–H and O–H groups in total. The van der Waals surface area contributed by atoms with Crippen LogP contribution in [-0.4, -0.2) is 5.91 Å². The first-order valence-electron chi connectivity index (χ1n) is 5.34. The maximum Gasteiger partial charge on any atom is 0.259 e. The minimum atomic E-state index is -0.125. The second-order valence-corrected chi connectivity index (χ2v) is 4.71. The van der Waals surface area contributed by atoms with Crippen LogP contribution < -0.4 is 5.32 Å². The standard InChI is InChI=1S/C13H12INO2/c1-2-12-9(7-8-17-12)13(16)15-11-6-4-3-5-10(11)14/h3-8H,2H2,1H3,(H,15,16). The summed E-state index contributed by atoms with van der Waals surface area (Å²) < 4.78 is 6.25. The van der Waals surface area contributed by atoms with E-state index >= 15 is 0 Å². The number of hydrogen-bond donors (Lipinski definition) is 1. The quantitative estimate of drug-likeness (QED) is 0.865. The molecular weight excluding hydrogens is 329 g/mol. The van der Waals surface area contributed by atoms with E-state index < -0.39 is 0 Å². The summed E-state index contributed by atoms with van der Waals surface area (Å²) in [5.41, 5.74) is 1.42. The first-order valence-corrected chi connectivity index (χ1v) is 6.42. The van der Waals surface area contributed by atoms with Crippen molar-refractivity contribution in [2.45, 2.75) is 13.3 Å². The van der Waals surface area contributed by atoms with Crippen molar-refractivity contribution in [1.82, 2.24) is 0 Å². The fraction of sp³-hybridized carbons (Fsp3) is 0.154. The SMILES string of the molecule is CCc1occc1C(=O)Nc1ccccc1I. The molecule has 17 heavy (non-hydrogen) atoms. The summed E-state index contributed by atoms with van der Waals surface area (Å²) >= 11 is 2.19. The number of aryl methyl sites for hydroxylation is 1. The second-order valence-electron chi connectivity index (χ2n) is 3.54. The zero-order valence-electron chi connectivity index (χ0n) is 9.37. The number of anilines is 1. The number of furan rings is 1. The minimum Gasteiger partial charge on any atom is -0.469 e. The van der Waals surface area contributed by atoms with Gasteiger partial charge >= 0.3 is 0 Å². The van der Waals surface area contributed by atoms with Crippen LogP contribution in [0.1, 0.15) is 23.0 Å². The zero-order chi connectivity index (χ0) is 12.3. The van der Waals surface area contributed by atoms with Gasteiger partial charge in [-0.15, -0.1) is 0 Å². The smallest absolute Gasteiger partial charge is 0.259 e. The number of carbonyl (C=O) groups is 1. The van der Waals surface area contributed by atoms with Crippen molar-refractivity contribution in [1.29, 1.82) is 0 Å². The van der Waals surface area contributed by atoms with Crippen molar-refractivity contribution < 1.29 is 9.21 Å². The first kappa shape index (κ1) is 12.2. The van der Waals surface area contributed by atoms with E-state index in [2.05, 4.69) is 27.9 Å². The molecule has 4 heteroatoms. The van der Waals surface area contributed by atoms with Crippen molar-refractivity contribution in [3.05, 3.63) is 51.5 Å². The van der Waals surface area contributed by atoms with Crippen molar-refractivity contribution >= 4 is 34.2 Å². The number of halogens is 1. The fourth-order valence-corrected chi connectivity index (χ4v) is 2.09. The van der Waals surface area contributed by atoms with Crippen LogP contribution in [0, 0.1) is 3.57 Å². The lowest BCUT2D eigenvalue weighted by molar-refractivity contribution is 0.102. The van der Waals surface area contributed by atoms with E-state index in [1.54, 1.807) is 12.3 Å². The Morgan fingerprint density at radius 3 is 2.82 bits per heavy atom. The summed E-state index contributed by atoms with van der Waals surface area (Å²) in [4.78, 5) is 12.0. The molecule has 1 aromatic heterocycles. The molecule has 2 rings (SSSR count). The van der Waals surface area contributed by atoms with Crippen molar-refractivity contribution in [3.8, 4) is 0 Å². The van der Waals surface area contributed by atoms with Gasteiger partial charge in [0, 0.05) is 9.99 Å². The number of carbonyl (C=O) groups excluding carboxylic acids is 1. The van der Waals surface area contributed by atoms with Crippen molar-refractivity contribution in [2.75, 3.05) is 5.32 Å². The third-order valence-electron chi connectivity index (χ3n) is 2.43. The second kappa shape index (κ2) is 5.35. The largest absolute Gasteiger partial charge is 0.469 e. The van der Waals surface area contributed by atoms with Gasteiger partial charge < -0.3 is 9.73 Å². The van der Waals surface area contributed by atoms with Gasteiger partial charge in [-0.1, -0.05) is 19.1 Å². The van der Waals surface area contributed by atoms with E-state index in [1.165, 1.54) is 0 Å². The average molecular weight is 341 g/mol. The van der Waals surface area contributed by atoms with E-state index in [9.17, 15) is 4.79 Å². The molecule has 1 heterocycles. The molecule has 3 nitrogen and oxygen atoms in total. The zero-order valence-corrected chi connectivity index (χ0v) is 11.5. The number of amides is 1. The Kier molecular flexibility index (Phi) is 3.83. The Labute approximate surface area is 113 Å². The molecule has 88 valence electrons. The average Bonchev–Trinajstić information content (AvgIpc) is 2.80. The number of para-hydroxylation sites is 1. The fourth-order valence-electron chi connectivity index (χ4n) is 1.57. The maximum atomic E-state index is 12.0. The van der Waals surface area contributed by atoms with Crippen molar-refractivity contribution in [2.24, 2.45) is 0 Å². The lowest BCUT2D eigenvalue weighted by Crippen LogP contribution is -2.13. The minimum absolute atomic E-state index is 0.125. The highest BCUT2D eigenvalue weighted by molar-refractivity contribution is 14.1. The molecule has 0 aliphatic rings. The van der Waals surface area contributed by atoms with Gasteiger partial charge in [-0.05, 0) is 40.8 Å². The van der Waals surface area contributed by atoms with E-state index in [0.717, 1.165) is 9.26 Å². The molecule has 0 radical (unpaired) electrons. The Bertz CT molecular complexity index is 534. The Morgan fingerprint density at radius 2 is 2.12 bits per heavy atom. The van der Waals surface area contributed by atoms with Gasteiger partial charge in [-0.25, -0.2) is 0 Å². The molecule has 0 aliphatic heterocycles. The third-order valence-corrected chi connectivity index (χ3v) is 3.37. The molecule has 0 unspecified atom stereocenters. The summed E-state index contributed by atoms with van der Waals surface area (Å²) in [5, 5.41) is 2.88. The number of nitrogens with one attached hydrogen (secondary N) is 1. The van der Waals surface area contributed by atoms with Gasteiger partial charge in [0.15, 0.2) is 0 Å². The highest BCUT2D eigenvalue weighted by atomic mass is 127. The molecule has 1 amide bonds. The predicted octanol–water partition coefficient (Wildman–Crippen LogP) is 3.70. The Balaban J connectivity index is 2.20. The Hall–Kier alpha value is -1.30. The topological polar surface area (TPSA) is 42.2 Å². The lowest BCUT2D eigenvalue weighted by atomic mass is 10.2. The van der Waals surface area contributed by atoms with Crippen LogP contribution in [0.15, 0.2) is 41.0 Å². The molecule has 0 fully saturated rings. The van der Waals surface area contributed by atoms with Gasteiger partial charge in [-0.2, -0.15) is 0 Å². The van der Waals surface area contributed by atoms with Gasteiger partial charge in [0.25, 0.3) is 5.91 Å². The van der Waals surface area contributed by atoms with Gasteiger partial charge in [0.2, 0.25) is 0 Å². The number of rotatable bonds is 3. The van der Waals surface area contributed by atoms with Gasteiger partial charge in [0.1, 0.15) is 5.76 Å². The van der Waals surface area contributed by atoms with E-state index in [1.807, 2.05) is 31.2 Å². The molecule has 0 saturated heterocycles. The van der Waals surface area contributed by atoms with E-state index in [-0.39, 0.29) is 5.91 Å². The Morgan fingerprint density at radius 1 is 1.35 bits per heavy atom. The molecule has 0 aliphatic carbocycles. The molecule has 1 aromatic carbocycles. The normalized spacial score (nSPS) is 10.2.